The van der Waals surface area contributed by atoms with E-state index in [-0.39, 0.29) is 11.5 Å². The van der Waals surface area contributed by atoms with Gasteiger partial charge in [-0.3, -0.25) is 19.2 Å². The lowest BCUT2D eigenvalue weighted by Crippen LogP contribution is -2.50. The van der Waals surface area contributed by atoms with Crippen molar-refractivity contribution >= 4 is 35.0 Å². The van der Waals surface area contributed by atoms with Crippen molar-refractivity contribution in [3.05, 3.63) is 120 Å². The van der Waals surface area contributed by atoms with Crippen LogP contribution in [0.2, 0.25) is 0 Å². The van der Waals surface area contributed by atoms with Crippen molar-refractivity contribution in [3.8, 4) is 11.5 Å². The molecule has 6 atom stereocenters. The molecule has 2 N–H and O–H groups in total. The second-order valence-electron chi connectivity index (χ2n) is 11.5. The van der Waals surface area contributed by atoms with Gasteiger partial charge in [0.05, 0.1) is 35.3 Å². The van der Waals surface area contributed by atoms with Gasteiger partial charge in [-0.25, -0.2) is 19.8 Å². The molecular weight excluding hydrogens is 560 g/mol. The molecule has 0 bridgehead atoms. The van der Waals surface area contributed by atoms with Crippen LogP contribution in [0.3, 0.4) is 0 Å². The first-order valence-electron chi connectivity index (χ1n) is 14.4. The number of aromatic hydroxyl groups is 2. The predicted octanol–water partition coefficient (Wildman–Crippen LogP) is 3.54. The average molecular weight is 587 g/mol. The predicted molar refractivity (Wildman–Crippen MR) is 158 cm³/mol. The third kappa shape index (κ3) is 3.55. The molecule has 0 radical (unpaired) electrons. The number of imide groups is 2. The Balaban J connectivity index is 1.34. The van der Waals surface area contributed by atoms with Crippen LogP contribution in [0.5, 0.6) is 11.5 Å². The summed E-state index contributed by atoms with van der Waals surface area (Å²) in [5.74, 6) is -3.44. The van der Waals surface area contributed by atoms with Crippen molar-refractivity contribution in [3.63, 3.8) is 0 Å². The number of rotatable bonds is 4. The van der Waals surface area contributed by atoms with E-state index in [4.69, 9.17) is 0 Å². The Labute approximate surface area is 251 Å². The molecule has 4 aromatic rings. The smallest absolute Gasteiger partial charge is 0.253 e. The number of hydrogen-bond donors (Lipinski definition) is 2. The van der Waals surface area contributed by atoms with Crippen molar-refractivity contribution < 1.29 is 29.4 Å². The Morgan fingerprint density at radius 1 is 0.409 bits per heavy atom. The molecule has 0 saturated carbocycles. The third-order valence-electron chi connectivity index (χ3n) is 9.22. The number of anilines is 2. The summed E-state index contributed by atoms with van der Waals surface area (Å²) in [4.78, 5) is 59.7. The number of phenolic OH excluding ortho intramolecular Hbond substituents is 2. The average Bonchev–Trinajstić information content (AvgIpc) is 3.70. The molecule has 0 spiro atoms. The van der Waals surface area contributed by atoms with Gasteiger partial charge in [-0.05, 0) is 59.7 Å². The highest BCUT2D eigenvalue weighted by Crippen LogP contribution is 2.59. The first-order chi connectivity index (χ1) is 21.4. The fraction of sp³-hybridized carbons (Fsp3) is 0.176. The fourth-order valence-corrected chi connectivity index (χ4v) is 7.50. The number of hydrazine groups is 1. The summed E-state index contributed by atoms with van der Waals surface area (Å²) < 4.78 is 0. The topological polar surface area (TPSA) is 122 Å². The largest absolute Gasteiger partial charge is 0.508 e. The zero-order chi connectivity index (χ0) is 30.3. The van der Waals surface area contributed by atoms with Gasteiger partial charge in [-0.1, -0.05) is 60.7 Å². The molecule has 4 aliphatic rings. The van der Waals surface area contributed by atoms with E-state index < -0.39 is 59.6 Å². The molecule has 10 heteroatoms. The highest BCUT2D eigenvalue weighted by molar-refractivity contribution is 6.26. The van der Waals surface area contributed by atoms with Gasteiger partial charge in [0.1, 0.15) is 23.6 Å². The molecule has 4 aliphatic heterocycles. The number of nitrogens with zero attached hydrogens (tertiary/aromatic N) is 4. The van der Waals surface area contributed by atoms with E-state index in [1.165, 1.54) is 34.1 Å². The summed E-state index contributed by atoms with van der Waals surface area (Å²) in [6.45, 7) is 0. The van der Waals surface area contributed by atoms with Crippen LogP contribution in [0.1, 0.15) is 23.2 Å². The minimum atomic E-state index is -1.00. The Hall–Kier alpha value is -5.32. The van der Waals surface area contributed by atoms with Crippen LogP contribution >= 0.6 is 0 Å². The van der Waals surface area contributed by atoms with Gasteiger partial charge in [-0.15, -0.1) is 0 Å². The Morgan fingerprint density at radius 2 is 0.750 bits per heavy atom. The van der Waals surface area contributed by atoms with Gasteiger partial charge in [0, 0.05) is 0 Å². The summed E-state index contributed by atoms with van der Waals surface area (Å²) in [5.41, 5.74) is 2.13. The molecule has 0 aromatic heterocycles. The SMILES string of the molecule is O=C1[C@@H]2[C@H](C(=O)N1c1ccccc1)N1[C@H](c3ccc(O)cc3)[C@@H]3C(=O)N(c4ccccc4)C(=O)[C@@H]3N1[C@H]2c1ccc(O)cc1. The van der Waals surface area contributed by atoms with Gasteiger partial charge < -0.3 is 10.2 Å². The molecule has 4 fully saturated rings. The van der Waals surface area contributed by atoms with Gasteiger partial charge >= 0.3 is 0 Å². The summed E-state index contributed by atoms with van der Waals surface area (Å²) in [6.07, 6.45) is 0. The van der Waals surface area contributed by atoms with Crippen molar-refractivity contribution in [1.29, 1.82) is 0 Å². The maximum absolute atomic E-state index is 14.3. The quantitative estimate of drug-likeness (QED) is 0.349. The Kier molecular flexibility index (Phi) is 5.74. The fourth-order valence-electron chi connectivity index (χ4n) is 7.50. The minimum absolute atomic E-state index is 0.0310. The van der Waals surface area contributed by atoms with Crippen LogP contribution in [0.4, 0.5) is 11.4 Å². The molecule has 4 amide bonds. The molecule has 8 rings (SSSR count). The second-order valence-corrected chi connectivity index (χ2v) is 11.5. The van der Waals surface area contributed by atoms with Gasteiger partial charge in [-0.2, -0.15) is 0 Å². The number of carbonyl (C=O) groups excluding carboxylic acids is 4. The maximum atomic E-state index is 14.3. The molecular formula is C34H26N4O6. The van der Waals surface area contributed by atoms with Crippen LogP contribution < -0.4 is 9.80 Å². The van der Waals surface area contributed by atoms with Crippen LogP contribution in [0.25, 0.3) is 0 Å². The van der Waals surface area contributed by atoms with Gasteiger partial charge in [0.25, 0.3) is 11.8 Å². The molecule has 218 valence electrons. The van der Waals surface area contributed by atoms with E-state index in [0.29, 0.717) is 22.5 Å². The van der Waals surface area contributed by atoms with E-state index in [1.54, 1.807) is 94.9 Å². The monoisotopic (exact) mass is 586 g/mol. The highest BCUT2D eigenvalue weighted by Gasteiger charge is 2.73. The normalized spacial score (nSPS) is 28.1. The van der Waals surface area contributed by atoms with E-state index >= 15 is 0 Å². The van der Waals surface area contributed by atoms with Crippen LogP contribution in [0.15, 0.2) is 109 Å². The summed E-state index contributed by atoms with van der Waals surface area (Å²) in [6, 6.07) is 26.6. The van der Waals surface area contributed by atoms with Crippen LogP contribution in [0, 0.1) is 11.8 Å². The number of phenols is 2. The molecule has 0 aliphatic carbocycles. The summed E-state index contributed by atoms with van der Waals surface area (Å²) in [7, 11) is 0. The third-order valence-corrected chi connectivity index (χ3v) is 9.22. The van der Waals surface area contributed by atoms with Crippen molar-refractivity contribution in [2.24, 2.45) is 11.8 Å². The number of amides is 4. The lowest BCUT2D eigenvalue weighted by Gasteiger charge is -2.35. The van der Waals surface area contributed by atoms with Gasteiger partial charge in [0.2, 0.25) is 11.8 Å². The standard InChI is InChI=1S/C34H26N4O6/c39-23-15-11-19(12-16-23)27-25-29(33(43)35(31(25)41)21-7-3-1-4-8-21)37-28(20-13-17-24(40)18-14-20)26-30(38(27)37)34(44)36(32(26)42)22-9-5-2-6-10-22/h1-18,25-30,39-40H/t25-,26-,27-,28+,29+,30+/m0/s1. The number of benzene rings is 4. The molecule has 4 heterocycles. The summed E-state index contributed by atoms with van der Waals surface area (Å²) >= 11 is 0. The summed E-state index contributed by atoms with van der Waals surface area (Å²) in [5, 5.41) is 23.7. The lowest BCUT2D eigenvalue weighted by molar-refractivity contribution is -0.136. The first-order valence-corrected chi connectivity index (χ1v) is 14.4. The zero-order valence-corrected chi connectivity index (χ0v) is 23.2. The molecule has 0 unspecified atom stereocenters. The van der Waals surface area contributed by atoms with Crippen molar-refractivity contribution in [1.82, 2.24) is 10.0 Å². The number of para-hydroxylation sites is 2. The van der Waals surface area contributed by atoms with E-state index in [1.807, 2.05) is 0 Å². The van der Waals surface area contributed by atoms with Crippen LogP contribution in [-0.4, -0.2) is 55.9 Å². The number of fused-ring (bicyclic) bond motifs is 5. The number of hydrogen-bond acceptors (Lipinski definition) is 8. The Morgan fingerprint density at radius 3 is 1.09 bits per heavy atom. The number of carbonyl (C=O) groups is 4. The van der Waals surface area contributed by atoms with Crippen molar-refractivity contribution in [2.45, 2.75) is 24.2 Å². The lowest BCUT2D eigenvalue weighted by atomic mass is 9.84. The zero-order valence-electron chi connectivity index (χ0n) is 23.2. The maximum Gasteiger partial charge on any atom is 0.253 e. The minimum Gasteiger partial charge on any atom is -0.508 e. The molecule has 4 aromatic carbocycles. The highest BCUT2D eigenvalue weighted by atomic mass is 16.3. The van der Waals surface area contributed by atoms with Crippen molar-refractivity contribution in [2.75, 3.05) is 9.80 Å². The van der Waals surface area contributed by atoms with Gasteiger partial charge in [0.15, 0.2) is 0 Å². The molecule has 10 nitrogen and oxygen atoms in total. The Bertz CT molecular complexity index is 1680. The second kappa shape index (κ2) is 9.60. The van der Waals surface area contributed by atoms with E-state index in [0.717, 1.165) is 0 Å². The van der Waals surface area contributed by atoms with E-state index in [9.17, 15) is 29.4 Å². The molecule has 44 heavy (non-hydrogen) atoms. The molecule has 4 saturated heterocycles. The van der Waals surface area contributed by atoms with E-state index in [2.05, 4.69) is 0 Å². The van der Waals surface area contributed by atoms with Crippen LogP contribution in [-0.2, 0) is 19.2 Å². The first kappa shape index (κ1) is 26.3.